The maximum atomic E-state index is 10.4. The summed E-state index contributed by atoms with van der Waals surface area (Å²) >= 11 is 11.7. The van der Waals surface area contributed by atoms with Gasteiger partial charge in [-0.1, -0.05) is 23.2 Å². The van der Waals surface area contributed by atoms with Gasteiger partial charge in [-0.15, -0.1) is 0 Å². The quantitative estimate of drug-likeness (QED) is 0.829. The van der Waals surface area contributed by atoms with Gasteiger partial charge in [-0.05, 0) is 23.8 Å². The Morgan fingerprint density at radius 2 is 2.14 bits per heavy atom. The SMILES string of the molecule is NC(=O)CNCc1cc(Cl)ccc1Cl. The highest BCUT2D eigenvalue weighted by Crippen LogP contribution is 2.20. The molecule has 0 aliphatic heterocycles. The van der Waals surface area contributed by atoms with Crippen molar-refractivity contribution in [1.82, 2.24) is 5.32 Å². The second-order valence-electron chi connectivity index (χ2n) is 2.81. The molecule has 0 saturated heterocycles. The van der Waals surface area contributed by atoms with Crippen LogP contribution in [0.3, 0.4) is 0 Å². The van der Waals surface area contributed by atoms with Crippen LogP contribution in [-0.2, 0) is 11.3 Å². The summed E-state index contributed by atoms with van der Waals surface area (Å²) in [5.74, 6) is -0.400. The van der Waals surface area contributed by atoms with Gasteiger partial charge in [0, 0.05) is 16.6 Å². The normalized spacial score (nSPS) is 10.1. The first-order valence-corrected chi connectivity index (χ1v) is 4.78. The smallest absolute Gasteiger partial charge is 0.231 e. The predicted molar refractivity (Wildman–Crippen MR) is 57.4 cm³/mol. The molecule has 0 radical (unpaired) electrons. The lowest BCUT2D eigenvalue weighted by Crippen LogP contribution is -2.28. The molecule has 0 fully saturated rings. The van der Waals surface area contributed by atoms with E-state index in [1.807, 2.05) is 0 Å². The van der Waals surface area contributed by atoms with E-state index in [-0.39, 0.29) is 6.54 Å². The fourth-order valence-corrected chi connectivity index (χ4v) is 1.38. The van der Waals surface area contributed by atoms with Crippen LogP contribution in [0.25, 0.3) is 0 Å². The summed E-state index contributed by atoms with van der Waals surface area (Å²) in [7, 11) is 0. The van der Waals surface area contributed by atoms with Crippen LogP contribution in [0.15, 0.2) is 18.2 Å². The number of amides is 1. The van der Waals surface area contributed by atoms with E-state index in [0.717, 1.165) is 5.56 Å². The van der Waals surface area contributed by atoms with Gasteiger partial charge in [0.2, 0.25) is 5.91 Å². The van der Waals surface area contributed by atoms with E-state index in [0.29, 0.717) is 16.6 Å². The number of nitrogens with one attached hydrogen (secondary N) is 1. The molecule has 0 aromatic heterocycles. The molecule has 1 aromatic carbocycles. The van der Waals surface area contributed by atoms with Crippen LogP contribution >= 0.6 is 23.2 Å². The van der Waals surface area contributed by atoms with Crippen LogP contribution in [0, 0.1) is 0 Å². The fourth-order valence-electron chi connectivity index (χ4n) is 0.999. The highest BCUT2D eigenvalue weighted by molar-refractivity contribution is 6.33. The van der Waals surface area contributed by atoms with Crippen LogP contribution in [-0.4, -0.2) is 12.5 Å². The first-order chi connectivity index (χ1) is 6.59. The van der Waals surface area contributed by atoms with Gasteiger partial charge in [-0.3, -0.25) is 4.79 Å². The molecule has 0 aliphatic rings. The third-order valence-electron chi connectivity index (χ3n) is 1.62. The van der Waals surface area contributed by atoms with Crippen molar-refractivity contribution in [2.45, 2.75) is 6.54 Å². The average Bonchev–Trinajstić information content (AvgIpc) is 2.10. The zero-order chi connectivity index (χ0) is 10.6. The van der Waals surface area contributed by atoms with E-state index in [2.05, 4.69) is 5.32 Å². The van der Waals surface area contributed by atoms with E-state index in [4.69, 9.17) is 28.9 Å². The van der Waals surface area contributed by atoms with Gasteiger partial charge in [0.1, 0.15) is 0 Å². The number of hydrogen-bond acceptors (Lipinski definition) is 2. The van der Waals surface area contributed by atoms with E-state index in [1.165, 1.54) is 0 Å². The van der Waals surface area contributed by atoms with E-state index >= 15 is 0 Å². The van der Waals surface area contributed by atoms with Crippen molar-refractivity contribution in [2.75, 3.05) is 6.54 Å². The molecule has 3 N–H and O–H groups in total. The standard InChI is InChI=1S/C9H10Cl2N2O/c10-7-1-2-8(11)6(3-7)4-13-5-9(12)14/h1-3,13H,4-5H2,(H2,12,14). The molecule has 1 aromatic rings. The number of halogens is 2. The molecule has 0 atom stereocenters. The van der Waals surface area contributed by atoms with E-state index in [9.17, 15) is 4.79 Å². The van der Waals surface area contributed by atoms with Gasteiger partial charge < -0.3 is 11.1 Å². The van der Waals surface area contributed by atoms with Crippen LogP contribution in [0.5, 0.6) is 0 Å². The lowest BCUT2D eigenvalue weighted by Gasteiger charge is -2.05. The molecule has 1 rings (SSSR count). The third kappa shape index (κ3) is 3.54. The van der Waals surface area contributed by atoms with Crippen LogP contribution in [0.4, 0.5) is 0 Å². The number of nitrogens with two attached hydrogens (primary N) is 1. The van der Waals surface area contributed by atoms with Gasteiger partial charge in [0.15, 0.2) is 0 Å². The number of carbonyl (C=O) groups is 1. The van der Waals surface area contributed by atoms with Crippen molar-refractivity contribution in [2.24, 2.45) is 5.73 Å². The number of benzene rings is 1. The van der Waals surface area contributed by atoms with Crippen molar-refractivity contribution in [3.05, 3.63) is 33.8 Å². The maximum absolute atomic E-state index is 10.4. The molecule has 0 aliphatic carbocycles. The summed E-state index contributed by atoms with van der Waals surface area (Å²) in [6.07, 6.45) is 0. The topological polar surface area (TPSA) is 55.1 Å². The Hall–Kier alpha value is -0.770. The van der Waals surface area contributed by atoms with Crippen molar-refractivity contribution in [1.29, 1.82) is 0 Å². The van der Waals surface area contributed by atoms with Crippen molar-refractivity contribution >= 4 is 29.1 Å². The van der Waals surface area contributed by atoms with Gasteiger partial charge >= 0.3 is 0 Å². The summed E-state index contributed by atoms with van der Waals surface area (Å²) in [4.78, 5) is 10.4. The molecular weight excluding hydrogens is 223 g/mol. The molecule has 1 amide bonds. The molecule has 3 nitrogen and oxygen atoms in total. The molecule has 0 heterocycles. The van der Waals surface area contributed by atoms with Crippen LogP contribution in [0.1, 0.15) is 5.56 Å². The first kappa shape index (κ1) is 11.3. The van der Waals surface area contributed by atoms with E-state index < -0.39 is 5.91 Å². The van der Waals surface area contributed by atoms with Gasteiger partial charge in [0.05, 0.1) is 6.54 Å². The second kappa shape index (κ2) is 5.20. The molecule has 76 valence electrons. The Morgan fingerprint density at radius 3 is 2.79 bits per heavy atom. The zero-order valence-electron chi connectivity index (χ0n) is 7.39. The van der Waals surface area contributed by atoms with Crippen LogP contribution in [0.2, 0.25) is 10.0 Å². The predicted octanol–water partition coefficient (Wildman–Crippen LogP) is 1.57. The number of carbonyl (C=O) groups excluding carboxylic acids is 1. The van der Waals surface area contributed by atoms with Crippen molar-refractivity contribution < 1.29 is 4.79 Å². The number of rotatable bonds is 4. The zero-order valence-corrected chi connectivity index (χ0v) is 8.90. The Bertz CT molecular complexity index is 342. The highest BCUT2D eigenvalue weighted by atomic mass is 35.5. The van der Waals surface area contributed by atoms with Crippen molar-refractivity contribution in [3.8, 4) is 0 Å². The molecule has 0 bridgehead atoms. The maximum Gasteiger partial charge on any atom is 0.231 e. The Morgan fingerprint density at radius 1 is 1.43 bits per heavy atom. The van der Waals surface area contributed by atoms with Crippen LogP contribution < -0.4 is 11.1 Å². The van der Waals surface area contributed by atoms with E-state index in [1.54, 1.807) is 18.2 Å². The Balaban J connectivity index is 2.57. The fraction of sp³-hybridized carbons (Fsp3) is 0.222. The summed E-state index contributed by atoms with van der Waals surface area (Å²) in [6, 6.07) is 5.17. The lowest BCUT2D eigenvalue weighted by molar-refractivity contribution is -0.117. The minimum absolute atomic E-state index is 0.128. The summed E-state index contributed by atoms with van der Waals surface area (Å²) in [5.41, 5.74) is 5.81. The minimum atomic E-state index is -0.400. The third-order valence-corrected chi connectivity index (χ3v) is 2.23. The summed E-state index contributed by atoms with van der Waals surface area (Å²) in [6.45, 7) is 0.602. The van der Waals surface area contributed by atoms with Gasteiger partial charge in [0.25, 0.3) is 0 Å². The molecule has 0 saturated carbocycles. The van der Waals surface area contributed by atoms with Gasteiger partial charge in [-0.25, -0.2) is 0 Å². The lowest BCUT2D eigenvalue weighted by atomic mass is 10.2. The highest BCUT2D eigenvalue weighted by Gasteiger charge is 2.01. The largest absolute Gasteiger partial charge is 0.369 e. The molecule has 5 heteroatoms. The monoisotopic (exact) mass is 232 g/mol. The summed E-state index contributed by atoms with van der Waals surface area (Å²) < 4.78 is 0. The molecule has 14 heavy (non-hydrogen) atoms. The molecule has 0 unspecified atom stereocenters. The Labute approximate surface area is 92.2 Å². The second-order valence-corrected chi connectivity index (χ2v) is 3.65. The average molecular weight is 233 g/mol. The molecule has 0 spiro atoms. The number of primary amides is 1. The minimum Gasteiger partial charge on any atom is -0.369 e. The summed E-state index contributed by atoms with van der Waals surface area (Å²) in [5, 5.41) is 4.08. The van der Waals surface area contributed by atoms with Gasteiger partial charge in [-0.2, -0.15) is 0 Å². The Kier molecular flexibility index (Phi) is 4.20. The number of hydrogen-bond donors (Lipinski definition) is 2. The first-order valence-electron chi connectivity index (χ1n) is 4.02. The van der Waals surface area contributed by atoms with Crippen molar-refractivity contribution in [3.63, 3.8) is 0 Å². The molecular formula is C9H10Cl2N2O.